The fraction of sp³-hybridized carbons (Fsp3) is 0.263. The number of nitrogens with one attached hydrogen (secondary N) is 1. The fourth-order valence-corrected chi connectivity index (χ4v) is 5.98. The molecule has 0 bridgehead atoms. The molecule has 1 atom stereocenters. The van der Waals surface area contributed by atoms with Crippen LogP contribution in [0.3, 0.4) is 0 Å². The van der Waals surface area contributed by atoms with E-state index in [1.165, 1.54) is 36.0 Å². The Morgan fingerprint density at radius 1 is 1.21 bits per heavy atom. The van der Waals surface area contributed by atoms with Gasteiger partial charge < -0.3 is 10.4 Å². The maximum atomic E-state index is 12.9. The summed E-state index contributed by atoms with van der Waals surface area (Å²) in [4.78, 5) is 23.8. The average Bonchev–Trinajstić information content (AvgIpc) is 2.70. The van der Waals surface area contributed by atoms with Gasteiger partial charge in [0.2, 0.25) is 10.0 Å². The van der Waals surface area contributed by atoms with E-state index in [0.29, 0.717) is 17.0 Å². The second-order valence-electron chi connectivity index (χ2n) is 6.49. The van der Waals surface area contributed by atoms with E-state index in [4.69, 9.17) is 0 Å². The number of carbonyl (C=O) groups is 2. The van der Waals surface area contributed by atoms with Gasteiger partial charge in [-0.25, -0.2) is 8.42 Å². The first-order chi connectivity index (χ1) is 13.7. The summed E-state index contributed by atoms with van der Waals surface area (Å²) in [5.74, 6) is -0.705. The molecular formula is C19H19BrN2O5S2. The highest BCUT2D eigenvalue weighted by Crippen LogP contribution is 2.26. The van der Waals surface area contributed by atoms with Crippen LogP contribution in [0.2, 0.25) is 0 Å². The number of benzene rings is 2. The number of aliphatic carboxylic acids is 1. The molecule has 29 heavy (non-hydrogen) atoms. The minimum Gasteiger partial charge on any atom is -0.480 e. The van der Waals surface area contributed by atoms with E-state index in [0.717, 1.165) is 14.3 Å². The van der Waals surface area contributed by atoms with Crippen LogP contribution in [-0.4, -0.2) is 53.8 Å². The van der Waals surface area contributed by atoms with Gasteiger partial charge in [0.15, 0.2) is 0 Å². The molecule has 2 aromatic carbocycles. The lowest BCUT2D eigenvalue weighted by atomic mass is 10.1. The van der Waals surface area contributed by atoms with E-state index in [2.05, 4.69) is 21.2 Å². The molecule has 0 saturated carbocycles. The molecular weight excluding hydrogens is 480 g/mol. The largest absolute Gasteiger partial charge is 0.480 e. The number of sulfonamides is 1. The number of carboxylic acids is 1. The van der Waals surface area contributed by atoms with Crippen LogP contribution >= 0.6 is 27.7 Å². The van der Waals surface area contributed by atoms with Gasteiger partial charge in [-0.05, 0) is 55.0 Å². The Balaban J connectivity index is 1.77. The lowest BCUT2D eigenvalue weighted by Crippen LogP contribution is -2.50. The summed E-state index contributed by atoms with van der Waals surface area (Å²) in [6.45, 7) is 2.02. The number of aryl methyl sites for hydroxylation is 1. The van der Waals surface area contributed by atoms with Gasteiger partial charge in [0, 0.05) is 33.8 Å². The van der Waals surface area contributed by atoms with Crippen LogP contribution in [0.1, 0.15) is 15.9 Å². The summed E-state index contributed by atoms with van der Waals surface area (Å²) < 4.78 is 27.7. The molecule has 1 unspecified atom stereocenters. The zero-order chi connectivity index (χ0) is 21.2. The SMILES string of the molecule is Cc1cc(C(=O)Nc2ccc(S(=O)(=O)N3CCSCC3C(=O)O)cc2)ccc1Br. The smallest absolute Gasteiger partial charge is 0.322 e. The quantitative estimate of drug-likeness (QED) is 0.655. The summed E-state index contributed by atoms with van der Waals surface area (Å²) in [6.07, 6.45) is 0. The van der Waals surface area contributed by atoms with Gasteiger partial charge in [0.25, 0.3) is 5.91 Å². The Bertz CT molecular complexity index is 1040. The summed E-state index contributed by atoms with van der Waals surface area (Å²) in [7, 11) is -3.94. The monoisotopic (exact) mass is 498 g/mol. The van der Waals surface area contributed by atoms with Crippen molar-refractivity contribution in [3.05, 3.63) is 58.1 Å². The first kappa shape index (κ1) is 21.8. The van der Waals surface area contributed by atoms with Gasteiger partial charge in [0.05, 0.1) is 4.90 Å². The topological polar surface area (TPSA) is 104 Å². The molecule has 3 rings (SSSR count). The third-order valence-electron chi connectivity index (χ3n) is 4.50. The van der Waals surface area contributed by atoms with Crippen molar-refractivity contribution in [1.82, 2.24) is 4.31 Å². The minimum absolute atomic E-state index is 0.00636. The zero-order valence-corrected chi connectivity index (χ0v) is 18.7. The molecule has 10 heteroatoms. The van der Waals surface area contributed by atoms with Crippen molar-refractivity contribution >= 4 is 55.3 Å². The number of carbonyl (C=O) groups excluding carboxylic acids is 1. The number of halogens is 1. The Kier molecular flexibility index (Phi) is 6.67. The Labute approximate surface area is 181 Å². The lowest BCUT2D eigenvalue weighted by Gasteiger charge is -2.31. The van der Waals surface area contributed by atoms with Gasteiger partial charge in [-0.15, -0.1) is 0 Å². The molecule has 1 heterocycles. The van der Waals surface area contributed by atoms with Crippen molar-refractivity contribution in [3.63, 3.8) is 0 Å². The number of hydrogen-bond donors (Lipinski definition) is 2. The van der Waals surface area contributed by atoms with E-state index in [1.54, 1.807) is 18.2 Å². The van der Waals surface area contributed by atoms with Crippen LogP contribution in [-0.2, 0) is 14.8 Å². The second-order valence-corrected chi connectivity index (χ2v) is 10.4. The van der Waals surface area contributed by atoms with Gasteiger partial charge in [0.1, 0.15) is 6.04 Å². The van der Waals surface area contributed by atoms with Crippen molar-refractivity contribution < 1.29 is 23.1 Å². The van der Waals surface area contributed by atoms with Crippen molar-refractivity contribution in [1.29, 1.82) is 0 Å². The van der Waals surface area contributed by atoms with E-state index >= 15 is 0 Å². The highest BCUT2D eigenvalue weighted by atomic mass is 79.9. The van der Waals surface area contributed by atoms with Crippen molar-refractivity contribution in [2.75, 3.05) is 23.4 Å². The fourth-order valence-electron chi connectivity index (χ4n) is 2.91. The third kappa shape index (κ3) is 4.82. The third-order valence-corrected chi connectivity index (χ3v) is 8.34. The molecule has 7 nitrogen and oxygen atoms in total. The maximum absolute atomic E-state index is 12.9. The molecule has 2 N–H and O–H groups in total. The molecule has 1 aliphatic rings. The molecule has 1 aliphatic heterocycles. The highest BCUT2D eigenvalue weighted by molar-refractivity contribution is 9.10. The highest BCUT2D eigenvalue weighted by Gasteiger charge is 2.37. The Morgan fingerprint density at radius 2 is 1.90 bits per heavy atom. The zero-order valence-electron chi connectivity index (χ0n) is 15.5. The molecule has 0 aromatic heterocycles. The molecule has 0 aliphatic carbocycles. The summed E-state index contributed by atoms with van der Waals surface area (Å²) in [5.41, 5.74) is 1.85. The van der Waals surface area contributed by atoms with Crippen LogP contribution in [0.5, 0.6) is 0 Å². The maximum Gasteiger partial charge on any atom is 0.322 e. The van der Waals surface area contributed by atoms with E-state index in [-0.39, 0.29) is 23.1 Å². The number of rotatable bonds is 5. The number of anilines is 1. The molecule has 0 spiro atoms. The summed E-state index contributed by atoms with van der Waals surface area (Å²) in [5, 5.41) is 12.1. The standard InChI is InChI=1S/C19H19BrN2O5S2/c1-12-10-13(2-7-16(12)20)18(23)21-14-3-5-15(6-4-14)29(26,27)22-8-9-28-11-17(22)19(24)25/h2-7,10,17H,8-9,11H2,1H3,(H,21,23)(H,24,25). The molecule has 2 aromatic rings. The predicted molar refractivity (Wildman–Crippen MR) is 116 cm³/mol. The van der Waals surface area contributed by atoms with Crippen molar-refractivity contribution in [3.8, 4) is 0 Å². The molecule has 154 valence electrons. The second kappa shape index (κ2) is 8.86. The van der Waals surface area contributed by atoms with Crippen LogP contribution in [0.25, 0.3) is 0 Å². The number of hydrogen-bond acceptors (Lipinski definition) is 5. The lowest BCUT2D eigenvalue weighted by molar-refractivity contribution is -0.140. The molecule has 1 saturated heterocycles. The van der Waals surface area contributed by atoms with Gasteiger partial charge in [-0.1, -0.05) is 15.9 Å². The van der Waals surface area contributed by atoms with E-state index < -0.39 is 22.0 Å². The molecule has 0 radical (unpaired) electrons. The van der Waals surface area contributed by atoms with Crippen LogP contribution in [0.4, 0.5) is 5.69 Å². The van der Waals surface area contributed by atoms with E-state index in [1.807, 2.05) is 6.92 Å². The van der Waals surface area contributed by atoms with Gasteiger partial charge in [-0.3, -0.25) is 9.59 Å². The van der Waals surface area contributed by atoms with Gasteiger partial charge in [-0.2, -0.15) is 16.1 Å². The van der Waals surface area contributed by atoms with Crippen LogP contribution in [0, 0.1) is 6.92 Å². The number of carboxylic acid groups (broad SMARTS) is 1. The minimum atomic E-state index is -3.94. The predicted octanol–water partition coefficient (Wildman–Crippen LogP) is 3.20. The normalized spacial score (nSPS) is 17.7. The van der Waals surface area contributed by atoms with Crippen LogP contribution in [0.15, 0.2) is 51.8 Å². The Hall–Kier alpha value is -1.88. The van der Waals surface area contributed by atoms with Gasteiger partial charge >= 0.3 is 5.97 Å². The summed E-state index contributed by atoms with van der Waals surface area (Å²) in [6, 6.07) is 9.87. The van der Waals surface area contributed by atoms with Crippen molar-refractivity contribution in [2.45, 2.75) is 17.9 Å². The number of amides is 1. The number of nitrogens with zero attached hydrogens (tertiary/aromatic N) is 1. The molecule has 1 amide bonds. The molecule has 1 fully saturated rings. The van der Waals surface area contributed by atoms with E-state index in [9.17, 15) is 23.1 Å². The Morgan fingerprint density at radius 3 is 2.52 bits per heavy atom. The average molecular weight is 499 g/mol. The van der Waals surface area contributed by atoms with Crippen molar-refractivity contribution in [2.24, 2.45) is 0 Å². The van der Waals surface area contributed by atoms with Crippen LogP contribution < -0.4 is 5.32 Å². The number of thioether (sulfide) groups is 1. The first-order valence-electron chi connectivity index (χ1n) is 8.70. The first-order valence-corrected chi connectivity index (χ1v) is 12.1. The summed E-state index contributed by atoms with van der Waals surface area (Å²) >= 11 is 4.81.